The summed E-state index contributed by atoms with van der Waals surface area (Å²) in [6.45, 7) is 1.44. The molecule has 12 heteroatoms. The fraction of sp³-hybridized carbons (Fsp3) is 0.346. The third-order valence-corrected chi connectivity index (χ3v) is 7.02. The predicted octanol–water partition coefficient (Wildman–Crippen LogP) is 5.68. The zero-order valence-corrected chi connectivity index (χ0v) is 21.6. The minimum absolute atomic E-state index is 0.0866. The third-order valence-electron chi connectivity index (χ3n) is 6.81. The van der Waals surface area contributed by atoms with Gasteiger partial charge in [0, 0.05) is 48.8 Å². The Morgan fingerprint density at radius 2 is 1.89 bits per heavy atom. The van der Waals surface area contributed by atoms with E-state index in [1.165, 1.54) is 29.4 Å². The molecule has 5 rings (SSSR count). The second-order valence-corrected chi connectivity index (χ2v) is 9.87. The summed E-state index contributed by atoms with van der Waals surface area (Å²) in [6, 6.07) is 10.4. The Kier molecular flexibility index (Phi) is 7.06. The van der Waals surface area contributed by atoms with Crippen molar-refractivity contribution in [2.45, 2.75) is 25.1 Å². The van der Waals surface area contributed by atoms with Crippen molar-refractivity contribution >= 4 is 34.7 Å². The number of carbonyl (C=O) groups is 1. The number of anilines is 3. The molecule has 1 aromatic heterocycles. The van der Waals surface area contributed by atoms with E-state index in [9.17, 15) is 18.0 Å². The number of fused-ring (bicyclic) bond motifs is 1. The number of likely N-dealkylation sites (N-methyl/N-ethyl adjacent to an activating group) is 1. The van der Waals surface area contributed by atoms with Gasteiger partial charge < -0.3 is 19.9 Å². The van der Waals surface area contributed by atoms with Crippen molar-refractivity contribution in [3.63, 3.8) is 0 Å². The van der Waals surface area contributed by atoms with Crippen molar-refractivity contribution in [2.75, 3.05) is 48.8 Å². The number of nitrogens with zero attached hydrogens (tertiary/aromatic N) is 5. The van der Waals surface area contributed by atoms with Gasteiger partial charge in [-0.1, -0.05) is 11.6 Å². The van der Waals surface area contributed by atoms with Gasteiger partial charge in [-0.2, -0.15) is 13.2 Å². The van der Waals surface area contributed by atoms with Crippen LogP contribution in [0, 0.1) is 0 Å². The molecule has 1 unspecified atom stereocenters. The molecule has 2 aliphatic heterocycles. The summed E-state index contributed by atoms with van der Waals surface area (Å²) in [5.41, 5.74) is 0.985. The number of urea groups is 1. The molecular weight excluding hydrogens is 521 g/mol. The van der Waals surface area contributed by atoms with E-state index in [2.05, 4.69) is 15.3 Å². The van der Waals surface area contributed by atoms with E-state index in [0.717, 1.165) is 18.1 Å². The number of amides is 2. The lowest BCUT2D eigenvalue weighted by Crippen LogP contribution is -2.33. The maximum atomic E-state index is 14.0. The molecule has 0 radical (unpaired) electrons. The van der Waals surface area contributed by atoms with Gasteiger partial charge in [0.1, 0.15) is 17.2 Å². The van der Waals surface area contributed by atoms with Crippen molar-refractivity contribution in [3.05, 3.63) is 65.1 Å². The molecule has 38 heavy (non-hydrogen) atoms. The molecule has 1 fully saturated rings. The van der Waals surface area contributed by atoms with Crippen molar-refractivity contribution in [1.29, 1.82) is 0 Å². The van der Waals surface area contributed by atoms with E-state index < -0.39 is 17.8 Å². The van der Waals surface area contributed by atoms with Crippen LogP contribution in [0.15, 0.2) is 48.8 Å². The van der Waals surface area contributed by atoms with Crippen molar-refractivity contribution in [2.24, 2.45) is 0 Å². The maximum Gasteiger partial charge on any atom is 0.418 e. The first-order valence-corrected chi connectivity index (χ1v) is 12.5. The second kappa shape index (κ2) is 10.3. The normalized spacial score (nSPS) is 17.2. The highest BCUT2D eigenvalue weighted by Crippen LogP contribution is 2.40. The quantitative estimate of drug-likeness (QED) is 0.415. The zero-order valence-electron chi connectivity index (χ0n) is 20.8. The van der Waals surface area contributed by atoms with Crippen molar-refractivity contribution in [1.82, 2.24) is 14.9 Å². The molecule has 0 saturated carbocycles. The number of aromatic nitrogens is 2. The number of alkyl halides is 3. The Morgan fingerprint density at radius 1 is 1.11 bits per heavy atom. The maximum absolute atomic E-state index is 14.0. The Bertz CT molecular complexity index is 1350. The summed E-state index contributed by atoms with van der Waals surface area (Å²) < 4.78 is 47.7. The summed E-state index contributed by atoms with van der Waals surface area (Å²) in [5, 5.41) is 2.89. The molecule has 8 nitrogen and oxygen atoms in total. The Hall–Kier alpha value is -3.57. The minimum Gasteiger partial charge on any atom is -0.439 e. The molecule has 200 valence electrons. The molecule has 3 aromatic rings. The topological polar surface area (TPSA) is 73.8 Å². The number of hydrogen-bond donors (Lipinski definition) is 1. The van der Waals surface area contributed by atoms with Gasteiger partial charge in [0.15, 0.2) is 0 Å². The Morgan fingerprint density at radius 3 is 2.61 bits per heavy atom. The average molecular weight is 547 g/mol. The van der Waals surface area contributed by atoms with E-state index in [0.29, 0.717) is 37.5 Å². The zero-order chi connectivity index (χ0) is 27.0. The lowest BCUT2D eigenvalue weighted by molar-refractivity contribution is -0.137. The molecule has 2 amide bonds. The van der Waals surface area contributed by atoms with Gasteiger partial charge >= 0.3 is 12.2 Å². The smallest absolute Gasteiger partial charge is 0.418 e. The number of rotatable bonds is 5. The summed E-state index contributed by atoms with van der Waals surface area (Å²) in [6.07, 6.45) is -1.91. The van der Waals surface area contributed by atoms with Crippen LogP contribution in [0.4, 0.5) is 35.0 Å². The minimum atomic E-state index is -4.56. The largest absolute Gasteiger partial charge is 0.439 e. The summed E-state index contributed by atoms with van der Waals surface area (Å²) in [5.74, 6) is 0.803. The van der Waals surface area contributed by atoms with Gasteiger partial charge in [-0.25, -0.2) is 14.8 Å². The Balaban J connectivity index is 1.31. The fourth-order valence-corrected chi connectivity index (χ4v) is 4.97. The standard InChI is InChI=1S/C26H26ClF3N6O2/c1-34(2)18-8-9-35(14-18)22-5-3-17(12-20(22)26(28,29)30)33-25(37)36-10-7-16-11-19(4-6-21(16)36)38-24-13-23(27)31-15-32-24/h3-6,11-13,15,18H,7-10,14H2,1-2H3,(H,33,37). The summed E-state index contributed by atoms with van der Waals surface area (Å²) in [7, 11) is 3.85. The lowest BCUT2D eigenvalue weighted by atomic mass is 10.1. The molecule has 0 spiro atoms. The fourth-order valence-electron chi connectivity index (χ4n) is 4.84. The summed E-state index contributed by atoms with van der Waals surface area (Å²) in [4.78, 5) is 26.2. The first kappa shape index (κ1) is 26.1. The summed E-state index contributed by atoms with van der Waals surface area (Å²) >= 11 is 5.87. The van der Waals surface area contributed by atoms with E-state index >= 15 is 0 Å². The highest BCUT2D eigenvalue weighted by atomic mass is 35.5. The van der Waals surface area contributed by atoms with E-state index in [1.807, 2.05) is 19.0 Å². The lowest BCUT2D eigenvalue weighted by Gasteiger charge is -2.25. The van der Waals surface area contributed by atoms with Crippen LogP contribution < -0.4 is 19.9 Å². The average Bonchev–Trinajstić information content (AvgIpc) is 3.51. The number of nitrogens with one attached hydrogen (secondary N) is 1. The third kappa shape index (κ3) is 5.48. The SMILES string of the molecule is CN(C)C1CCN(c2ccc(NC(=O)N3CCc4cc(Oc5cc(Cl)ncn5)ccc43)cc2C(F)(F)F)C1. The van der Waals surface area contributed by atoms with Crippen LogP contribution in [-0.2, 0) is 12.6 Å². The molecular formula is C26H26ClF3N6O2. The van der Waals surface area contributed by atoms with Crippen LogP contribution in [0.3, 0.4) is 0 Å². The van der Waals surface area contributed by atoms with Crippen molar-refractivity contribution in [3.8, 4) is 11.6 Å². The van der Waals surface area contributed by atoms with E-state index in [4.69, 9.17) is 16.3 Å². The highest BCUT2D eigenvalue weighted by Gasteiger charge is 2.37. The van der Waals surface area contributed by atoms with Gasteiger partial charge in [0.2, 0.25) is 5.88 Å². The van der Waals surface area contributed by atoms with Crippen LogP contribution in [0.1, 0.15) is 17.5 Å². The second-order valence-electron chi connectivity index (χ2n) is 9.49. The highest BCUT2D eigenvalue weighted by molar-refractivity contribution is 6.29. The van der Waals surface area contributed by atoms with Gasteiger partial charge in [-0.05, 0) is 68.9 Å². The first-order chi connectivity index (χ1) is 18.1. The van der Waals surface area contributed by atoms with Crippen LogP contribution in [0.25, 0.3) is 0 Å². The van der Waals surface area contributed by atoms with Gasteiger partial charge in [0.25, 0.3) is 0 Å². The molecule has 1 atom stereocenters. The number of carbonyl (C=O) groups excluding carboxylic acids is 1. The molecule has 2 aromatic carbocycles. The van der Waals surface area contributed by atoms with Crippen molar-refractivity contribution < 1.29 is 22.7 Å². The molecule has 2 aliphatic rings. The molecule has 1 N–H and O–H groups in total. The van der Waals surface area contributed by atoms with Gasteiger partial charge in [-0.3, -0.25) is 4.90 Å². The van der Waals surface area contributed by atoms with Crippen LogP contribution in [0.5, 0.6) is 11.6 Å². The van der Waals surface area contributed by atoms with E-state index in [1.54, 1.807) is 23.1 Å². The number of benzene rings is 2. The van der Waals surface area contributed by atoms with E-state index in [-0.39, 0.29) is 28.4 Å². The monoisotopic (exact) mass is 546 g/mol. The molecule has 0 bridgehead atoms. The van der Waals surface area contributed by atoms with Crippen LogP contribution in [-0.4, -0.2) is 60.7 Å². The number of hydrogen-bond acceptors (Lipinski definition) is 6. The van der Waals surface area contributed by atoms with Gasteiger partial charge in [0.05, 0.1) is 5.56 Å². The first-order valence-electron chi connectivity index (χ1n) is 12.1. The number of halogens is 4. The van der Waals surface area contributed by atoms with Crippen LogP contribution in [0.2, 0.25) is 5.15 Å². The molecule has 0 aliphatic carbocycles. The Labute approximate surface area is 223 Å². The van der Waals surface area contributed by atoms with Gasteiger partial charge in [-0.15, -0.1) is 0 Å². The predicted molar refractivity (Wildman–Crippen MR) is 139 cm³/mol. The molecule has 3 heterocycles. The van der Waals surface area contributed by atoms with Crippen LogP contribution >= 0.6 is 11.6 Å². The number of ether oxygens (including phenoxy) is 1. The molecule has 1 saturated heterocycles.